The van der Waals surface area contributed by atoms with Gasteiger partial charge in [-0.2, -0.15) is 0 Å². The lowest BCUT2D eigenvalue weighted by Gasteiger charge is -2.26. The van der Waals surface area contributed by atoms with Gasteiger partial charge in [-0.25, -0.2) is 4.79 Å². The first-order valence-electron chi connectivity index (χ1n) is 6.14. The molecule has 0 saturated carbocycles. The molecule has 2 heterocycles. The van der Waals surface area contributed by atoms with Crippen LogP contribution in [0.25, 0.3) is 0 Å². The number of imide groups is 1. The third-order valence-electron chi connectivity index (χ3n) is 3.45. The second-order valence-corrected chi connectivity index (χ2v) is 4.61. The monoisotopic (exact) mass is 245 g/mol. The summed E-state index contributed by atoms with van der Waals surface area (Å²) in [7, 11) is 0. The molecule has 1 aromatic rings. The molecule has 0 spiro atoms. The van der Waals surface area contributed by atoms with E-state index in [0.717, 1.165) is 12.1 Å². The topological polar surface area (TPSA) is 52.7 Å². The number of hydrogen-bond donors (Lipinski definition) is 1. The third kappa shape index (κ3) is 1.76. The molecule has 0 unspecified atom stereocenters. The normalized spacial score (nSPS) is 23.4. The van der Waals surface area contributed by atoms with Crippen LogP contribution in [0.2, 0.25) is 0 Å². The fourth-order valence-corrected chi connectivity index (χ4v) is 2.49. The molecule has 2 aliphatic rings. The molecule has 5 heteroatoms. The van der Waals surface area contributed by atoms with Gasteiger partial charge in [-0.05, 0) is 5.56 Å². The van der Waals surface area contributed by atoms with Crippen LogP contribution in [0.4, 0.5) is 4.79 Å². The summed E-state index contributed by atoms with van der Waals surface area (Å²) in [5.74, 6) is -0.0870. The van der Waals surface area contributed by atoms with Crippen molar-refractivity contribution in [2.45, 2.75) is 12.6 Å². The maximum Gasteiger partial charge on any atom is 0.327 e. The highest BCUT2D eigenvalue weighted by Crippen LogP contribution is 2.21. The van der Waals surface area contributed by atoms with Crippen molar-refractivity contribution in [3.05, 3.63) is 35.9 Å². The predicted octanol–water partition coefficient (Wildman–Crippen LogP) is 0.423. The van der Waals surface area contributed by atoms with Crippen molar-refractivity contribution in [1.29, 1.82) is 0 Å². The first-order valence-corrected chi connectivity index (χ1v) is 6.14. The summed E-state index contributed by atoms with van der Waals surface area (Å²) in [5.41, 5.74) is 0.979. The van der Waals surface area contributed by atoms with Gasteiger partial charge in [0.2, 0.25) is 0 Å². The average molecular weight is 245 g/mol. The van der Waals surface area contributed by atoms with E-state index >= 15 is 0 Å². The number of benzene rings is 1. The highest BCUT2D eigenvalue weighted by atomic mass is 16.2. The van der Waals surface area contributed by atoms with E-state index in [0.29, 0.717) is 19.6 Å². The van der Waals surface area contributed by atoms with Crippen LogP contribution in [-0.2, 0) is 11.3 Å². The Morgan fingerprint density at radius 1 is 1.22 bits per heavy atom. The molecule has 3 rings (SSSR count). The van der Waals surface area contributed by atoms with Gasteiger partial charge in [0.25, 0.3) is 5.91 Å². The van der Waals surface area contributed by atoms with Crippen molar-refractivity contribution in [3.8, 4) is 0 Å². The first kappa shape index (κ1) is 11.2. The van der Waals surface area contributed by atoms with Crippen LogP contribution in [0.1, 0.15) is 5.56 Å². The Labute approximate surface area is 105 Å². The third-order valence-corrected chi connectivity index (χ3v) is 3.45. The number of carbonyl (C=O) groups excluding carboxylic acids is 2. The standard InChI is InChI=1S/C13H15N3O2/c17-12-11-8-14-6-7-15(11)13(18)16(12)9-10-4-2-1-3-5-10/h1-5,11,14H,6-9H2/t11-/m0/s1. The van der Waals surface area contributed by atoms with E-state index in [-0.39, 0.29) is 18.0 Å². The lowest BCUT2D eigenvalue weighted by Crippen LogP contribution is -2.51. The number of nitrogens with zero attached hydrogens (tertiary/aromatic N) is 2. The van der Waals surface area contributed by atoms with E-state index in [9.17, 15) is 9.59 Å². The van der Waals surface area contributed by atoms with E-state index in [2.05, 4.69) is 5.32 Å². The molecule has 1 aromatic carbocycles. The summed E-state index contributed by atoms with van der Waals surface area (Å²) in [6, 6.07) is 9.13. The molecule has 1 atom stereocenters. The van der Waals surface area contributed by atoms with Gasteiger partial charge in [-0.15, -0.1) is 0 Å². The molecule has 2 saturated heterocycles. The fourth-order valence-electron chi connectivity index (χ4n) is 2.49. The smallest absolute Gasteiger partial charge is 0.312 e. The Hall–Kier alpha value is -1.88. The van der Waals surface area contributed by atoms with Crippen LogP contribution in [-0.4, -0.2) is 47.4 Å². The summed E-state index contributed by atoms with van der Waals surface area (Å²) < 4.78 is 0. The summed E-state index contributed by atoms with van der Waals surface area (Å²) in [6.45, 7) is 2.30. The van der Waals surface area contributed by atoms with Gasteiger partial charge >= 0.3 is 6.03 Å². The van der Waals surface area contributed by atoms with Gasteiger partial charge in [0.1, 0.15) is 6.04 Å². The Morgan fingerprint density at radius 3 is 2.72 bits per heavy atom. The van der Waals surface area contributed by atoms with Crippen molar-refractivity contribution < 1.29 is 9.59 Å². The summed E-state index contributed by atoms with van der Waals surface area (Å²) in [6.07, 6.45) is 0. The van der Waals surface area contributed by atoms with Gasteiger partial charge in [-0.1, -0.05) is 30.3 Å². The molecule has 18 heavy (non-hydrogen) atoms. The summed E-state index contributed by atoms with van der Waals surface area (Å²) in [5, 5.41) is 3.15. The largest absolute Gasteiger partial charge is 0.327 e. The Bertz CT molecular complexity index is 450. The minimum absolute atomic E-state index is 0.0870. The van der Waals surface area contributed by atoms with Crippen molar-refractivity contribution in [1.82, 2.24) is 15.1 Å². The molecule has 1 N–H and O–H groups in total. The number of fused-ring (bicyclic) bond motifs is 1. The first-order chi connectivity index (χ1) is 8.77. The van der Waals surface area contributed by atoms with Crippen molar-refractivity contribution in [3.63, 3.8) is 0 Å². The number of piperazine rings is 1. The minimum atomic E-state index is -0.310. The van der Waals surface area contributed by atoms with E-state index in [1.54, 1.807) is 4.90 Å². The zero-order chi connectivity index (χ0) is 12.5. The summed E-state index contributed by atoms with van der Waals surface area (Å²) >= 11 is 0. The molecule has 94 valence electrons. The number of carbonyl (C=O) groups is 2. The quantitative estimate of drug-likeness (QED) is 0.768. The van der Waals surface area contributed by atoms with E-state index in [4.69, 9.17) is 0 Å². The molecule has 0 aromatic heterocycles. The number of amides is 3. The molecule has 5 nitrogen and oxygen atoms in total. The van der Waals surface area contributed by atoms with Crippen LogP contribution in [0.3, 0.4) is 0 Å². The maximum absolute atomic E-state index is 12.2. The zero-order valence-corrected chi connectivity index (χ0v) is 10.0. The van der Waals surface area contributed by atoms with E-state index in [1.807, 2.05) is 30.3 Å². The fraction of sp³-hybridized carbons (Fsp3) is 0.385. The van der Waals surface area contributed by atoms with Crippen LogP contribution >= 0.6 is 0 Å². The van der Waals surface area contributed by atoms with Crippen LogP contribution in [0.15, 0.2) is 30.3 Å². The average Bonchev–Trinajstić information content (AvgIpc) is 2.66. The molecule has 2 aliphatic heterocycles. The molecule has 0 bridgehead atoms. The lowest BCUT2D eigenvalue weighted by molar-refractivity contribution is -0.128. The summed E-state index contributed by atoms with van der Waals surface area (Å²) in [4.78, 5) is 27.4. The van der Waals surface area contributed by atoms with Gasteiger partial charge in [-0.3, -0.25) is 9.69 Å². The number of urea groups is 1. The zero-order valence-electron chi connectivity index (χ0n) is 10.0. The SMILES string of the molecule is O=C1[C@@H]2CNCCN2C(=O)N1Cc1ccccc1. The minimum Gasteiger partial charge on any atom is -0.312 e. The molecule has 2 fully saturated rings. The van der Waals surface area contributed by atoms with Crippen LogP contribution in [0.5, 0.6) is 0 Å². The van der Waals surface area contributed by atoms with Crippen molar-refractivity contribution in [2.24, 2.45) is 0 Å². The highest BCUT2D eigenvalue weighted by molar-refractivity contribution is 6.04. The molecule has 3 amide bonds. The Balaban J connectivity index is 1.80. The molecule has 0 aliphatic carbocycles. The Kier molecular flexibility index (Phi) is 2.76. The van der Waals surface area contributed by atoms with E-state index < -0.39 is 0 Å². The second kappa shape index (κ2) is 4.42. The highest BCUT2D eigenvalue weighted by Gasteiger charge is 2.45. The van der Waals surface area contributed by atoms with E-state index in [1.165, 1.54) is 4.90 Å². The second-order valence-electron chi connectivity index (χ2n) is 4.61. The number of hydrogen-bond acceptors (Lipinski definition) is 3. The number of rotatable bonds is 2. The van der Waals surface area contributed by atoms with Gasteiger partial charge in [0, 0.05) is 19.6 Å². The predicted molar refractivity (Wildman–Crippen MR) is 65.8 cm³/mol. The van der Waals surface area contributed by atoms with Crippen molar-refractivity contribution >= 4 is 11.9 Å². The van der Waals surface area contributed by atoms with Gasteiger partial charge in [0.15, 0.2) is 0 Å². The number of nitrogens with one attached hydrogen (secondary N) is 1. The van der Waals surface area contributed by atoms with Crippen molar-refractivity contribution in [2.75, 3.05) is 19.6 Å². The lowest BCUT2D eigenvalue weighted by atomic mass is 10.2. The maximum atomic E-state index is 12.2. The molecular weight excluding hydrogens is 230 g/mol. The van der Waals surface area contributed by atoms with Gasteiger partial charge < -0.3 is 10.2 Å². The molecule has 0 radical (unpaired) electrons. The Morgan fingerprint density at radius 2 is 2.00 bits per heavy atom. The van der Waals surface area contributed by atoms with Crippen LogP contribution in [0, 0.1) is 0 Å². The van der Waals surface area contributed by atoms with Gasteiger partial charge in [0.05, 0.1) is 6.54 Å². The van der Waals surface area contributed by atoms with Crippen LogP contribution < -0.4 is 5.32 Å². The molecular formula is C13H15N3O2.